The second-order valence-corrected chi connectivity index (χ2v) is 3.24. The first kappa shape index (κ1) is 10.2. The van der Waals surface area contributed by atoms with Crippen molar-refractivity contribution in [1.82, 2.24) is 0 Å². The summed E-state index contributed by atoms with van der Waals surface area (Å²) in [5, 5.41) is 5.44. The van der Waals surface area contributed by atoms with Crippen molar-refractivity contribution < 1.29 is 9.78 Å². The summed E-state index contributed by atoms with van der Waals surface area (Å²) in [4.78, 5) is 14.4. The van der Waals surface area contributed by atoms with E-state index in [1.807, 2.05) is 36.4 Å². The minimum atomic E-state index is -0.259. The number of benzene rings is 1. The highest BCUT2D eigenvalue weighted by atomic mass is 16.2. The predicted molar refractivity (Wildman–Crippen MR) is 62.1 cm³/mol. The van der Waals surface area contributed by atoms with E-state index in [4.69, 9.17) is 0 Å². The summed E-state index contributed by atoms with van der Waals surface area (Å²) in [6, 6.07) is 12.7. The Hall–Kier alpha value is -2.36. The van der Waals surface area contributed by atoms with E-state index >= 15 is 0 Å². The van der Waals surface area contributed by atoms with Crippen molar-refractivity contribution in [2.75, 3.05) is 10.6 Å². The van der Waals surface area contributed by atoms with Crippen LogP contribution in [0.3, 0.4) is 0 Å². The van der Waals surface area contributed by atoms with Crippen molar-refractivity contribution in [3.05, 3.63) is 54.9 Å². The van der Waals surface area contributed by atoms with Gasteiger partial charge < -0.3 is 10.6 Å². The molecule has 0 aliphatic rings. The topological polar surface area (TPSA) is 55.3 Å². The van der Waals surface area contributed by atoms with Gasteiger partial charge in [0, 0.05) is 11.8 Å². The smallest absolute Gasteiger partial charge is 0.308 e. The molecular formula is C12H12N3O+. The number of para-hydroxylation sites is 1. The zero-order valence-corrected chi connectivity index (χ0v) is 8.60. The average Bonchev–Trinajstić information content (AvgIpc) is 2.31. The second kappa shape index (κ2) is 4.93. The highest BCUT2D eigenvalue weighted by Crippen LogP contribution is 2.06. The van der Waals surface area contributed by atoms with Gasteiger partial charge in [0.1, 0.15) is 5.69 Å². The standard InChI is InChI=1S/C12H11N3O/c16-12(14-10-5-2-1-3-6-10)15-11-7-4-8-13-9-11/h1-9H,(H2,14,15,16)/p+1. The number of hydrogen-bond donors (Lipinski definition) is 2. The number of aromatic amines is 1. The van der Waals surface area contributed by atoms with Crippen molar-refractivity contribution in [2.24, 2.45) is 0 Å². The number of H-pyrrole nitrogens is 1. The maximum Gasteiger partial charge on any atom is 0.323 e. The Morgan fingerprint density at radius 3 is 2.31 bits per heavy atom. The lowest BCUT2D eigenvalue weighted by atomic mass is 10.3. The van der Waals surface area contributed by atoms with Crippen LogP contribution in [-0.2, 0) is 0 Å². The molecule has 2 aromatic rings. The Morgan fingerprint density at radius 2 is 1.62 bits per heavy atom. The molecule has 16 heavy (non-hydrogen) atoms. The van der Waals surface area contributed by atoms with Gasteiger partial charge in [-0.3, -0.25) is 0 Å². The minimum Gasteiger partial charge on any atom is -0.308 e. The first-order valence-corrected chi connectivity index (χ1v) is 4.94. The van der Waals surface area contributed by atoms with Gasteiger partial charge >= 0.3 is 6.03 Å². The van der Waals surface area contributed by atoms with Gasteiger partial charge in [-0.05, 0) is 18.2 Å². The zero-order chi connectivity index (χ0) is 11.2. The lowest BCUT2D eigenvalue weighted by molar-refractivity contribution is -0.377. The van der Waals surface area contributed by atoms with Crippen LogP contribution >= 0.6 is 0 Å². The molecule has 80 valence electrons. The molecule has 3 N–H and O–H groups in total. The van der Waals surface area contributed by atoms with Gasteiger partial charge in [0.05, 0.1) is 0 Å². The number of urea groups is 1. The molecule has 0 spiro atoms. The maximum atomic E-state index is 11.5. The van der Waals surface area contributed by atoms with Crippen LogP contribution in [0.15, 0.2) is 54.9 Å². The molecular weight excluding hydrogens is 202 g/mol. The molecule has 1 heterocycles. The number of carbonyl (C=O) groups excluding carboxylic acids is 1. The Balaban J connectivity index is 1.95. The summed E-state index contributed by atoms with van der Waals surface area (Å²) in [6.07, 6.45) is 3.49. The third-order valence-corrected chi connectivity index (χ3v) is 2.00. The average molecular weight is 214 g/mol. The number of nitrogens with one attached hydrogen (secondary N) is 3. The third-order valence-electron chi connectivity index (χ3n) is 2.00. The third kappa shape index (κ3) is 2.81. The van der Waals surface area contributed by atoms with Gasteiger partial charge in [-0.2, -0.15) is 0 Å². The Kier molecular flexibility index (Phi) is 3.13. The van der Waals surface area contributed by atoms with Gasteiger partial charge in [0.2, 0.25) is 0 Å². The minimum absolute atomic E-state index is 0.259. The zero-order valence-electron chi connectivity index (χ0n) is 8.60. The fourth-order valence-corrected chi connectivity index (χ4v) is 1.29. The van der Waals surface area contributed by atoms with Crippen LogP contribution in [0, 0.1) is 0 Å². The van der Waals surface area contributed by atoms with E-state index in [0.717, 1.165) is 11.4 Å². The number of amides is 2. The van der Waals surface area contributed by atoms with Crippen LogP contribution in [0.4, 0.5) is 16.2 Å². The van der Waals surface area contributed by atoms with Crippen LogP contribution in [-0.4, -0.2) is 6.03 Å². The van der Waals surface area contributed by atoms with Gasteiger partial charge in [0.15, 0.2) is 12.4 Å². The molecule has 2 amide bonds. The van der Waals surface area contributed by atoms with Gasteiger partial charge in [0.25, 0.3) is 0 Å². The number of hydrogen-bond acceptors (Lipinski definition) is 1. The van der Waals surface area contributed by atoms with Gasteiger partial charge in [-0.1, -0.05) is 18.2 Å². The number of anilines is 2. The van der Waals surface area contributed by atoms with Gasteiger partial charge in [-0.25, -0.2) is 9.78 Å². The summed E-state index contributed by atoms with van der Waals surface area (Å²) in [6.45, 7) is 0. The molecule has 0 saturated carbocycles. The Bertz CT molecular complexity index is 413. The van der Waals surface area contributed by atoms with E-state index < -0.39 is 0 Å². The van der Waals surface area contributed by atoms with Crippen molar-refractivity contribution in [2.45, 2.75) is 0 Å². The molecule has 1 aromatic heterocycles. The molecule has 0 fully saturated rings. The lowest BCUT2D eigenvalue weighted by Crippen LogP contribution is -2.20. The number of pyridine rings is 1. The summed E-state index contributed by atoms with van der Waals surface area (Å²) in [5.41, 5.74) is 1.48. The van der Waals surface area contributed by atoms with Crippen molar-refractivity contribution in [3.63, 3.8) is 0 Å². The van der Waals surface area contributed by atoms with Crippen LogP contribution in [0.25, 0.3) is 0 Å². The predicted octanol–water partition coefficient (Wildman–Crippen LogP) is 2.14. The molecule has 0 atom stereocenters. The highest BCUT2D eigenvalue weighted by molar-refractivity contribution is 5.99. The molecule has 0 unspecified atom stereocenters. The van der Waals surface area contributed by atoms with E-state index in [1.54, 1.807) is 18.5 Å². The van der Waals surface area contributed by atoms with Crippen molar-refractivity contribution >= 4 is 17.4 Å². The van der Waals surface area contributed by atoms with Crippen LogP contribution < -0.4 is 15.6 Å². The summed E-state index contributed by atoms with van der Waals surface area (Å²) < 4.78 is 0. The Morgan fingerprint density at radius 1 is 0.938 bits per heavy atom. The first-order chi connectivity index (χ1) is 7.84. The van der Waals surface area contributed by atoms with Crippen LogP contribution in [0.1, 0.15) is 0 Å². The van der Waals surface area contributed by atoms with E-state index in [2.05, 4.69) is 15.6 Å². The Labute approximate surface area is 93.3 Å². The number of rotatable bonds is 2. The van der Waals surface area contributed by atoms with Crippen molar-refractivity contribution in [3.8, 4) is 0 Å². The molecule has 0 saturated heterocycles. The fraction of sp³-hybridized carbons (Fsp3) is 0. The van der Waals surface area contributed by atoms with Gasteiger partial charge in [-0.15, -0.1) is 0 Å². The number of aromatic nitrogens is 1. The normalized spacial score (nSPS) is 9.50. The lowest BCUT2D eigenvalue weighted by Gasteiger charge is -2.05. The molecule has 2 rings (SSSR count). The summed E-state index contributed by atoms with van der Waals surface area (Å²) in [7, 11) is 0. The largest absolute Gasteiger partial charge is 0.323 e. The molecule has 1 aromatic carbocycles. The molecule has 0 aliphatic heterocycles. The second-order valence-electron chi connectivity index (χ2n) is 3.24. The maximum absolute atomic E-state index is 11.5. The number of carbonyl (C=O) groups is 1. The molecule has 4 heteroatoms. The van der Waals surface area contributed by atoms with E-state index in [-0.39, 0.29) is 6.03 Å². The molecule has 0 bridgehead atoms. The van der Waals surface area contributed by atoms with Crippen LogP contribution in [0.2, 0.25) is 0 Å². The summed E-state index contributed by atoms with van der Waals surface area (Å²) >= 11 is 0. The first-order valence-electron chi connectivity index (χ1n) is 4.94. The van der Waals surface area contributed by atoms with E-state index in [0.29, 0.717) is 0 Å². The highest BCUT2D eigenvalue weighted by Gasteiger charge is 2.02. The SMILES string of the molecule is O=C(Nc1ccccc1)Nc1ccc[nH+]c1. The monoisotopic (exact) mass is 214 g/mol. The summed E-state index contributed by atoms with van der Waals surface area (Å²) in [5.74, 6) is 0. The molecule has 4 nitrogen and oxygen atoms in total. The van der Waals surface area contributed by atoms with Crippen LogP contribution in [0.5, 0.6) is 0 Å². The molecule has 0 radical (unpaired) electrons. The quantitative estimate of drug-likeness (QED) is 0.790. The fourth-order valence-electron chi connectivity index (χ4n) is 1.29. The van der Waals surface area contributed by atoms with E-state index in [1.165, 1.54) is 0 Å². The molecule has 0 aliphatic carbocycles. The van der Waals surface area contributed by atoms with E-state index in [9.17, 15) is 4.79 Å². The van der Waals surface area contributed by atoms with Crippen molar-refractivity contribution in [1.29, 1.82) is 0 Å².